The molecule has 1 heterocycles. The van der Waals surface area contributed by atoms with Gasteiger partial charge in [-0.15, -0.1) is 0 Å². The predicted molar refractivity (Wildman–Crippen MR) is 154 cm³/mol. The summed E-state index contributed by atoms with van der Waals surface area (Å²) < 4.78 is 7.38. The largest absolute Gasteiger partial charge is 0.497 e. The van der Waals surface area contributed by atoms with Crippen molar-refractivity contribution in [3.8, 4) is 5.75 Å². The molecule has 7 nitrogen and oxygen atoms in total. The maximum atomic E-state index is 13.7. The van der Waals surface area contributed by atoms with Gasteiger partial charge in [0, 0.05) is 47.8 Å². The Bertz CT molecular complexity index is 1210. The van der Waals surface area contributed by atoms with E-state index in [0.29, 0.717) is 36.1 Å². The lowest BCUT2D eigenvalue weighted by molar-refractivity contribution is -0.133. The average Bonchev–Trinajstić information content (AvgIpc) is 3.33. The Morgan fingerprint density at radius 2 is 1.82 bits per heavy atom. The van der Waals surface area contributed by atoms with Crippen molar-refractivity contribution in [2.24, 2.45) is 5.92 Å². The highest BCUT2D eigenvalue weighted by molar-refractivity contribution is 6.31. The molecule has 0 saturated carbocycles. The maximum absolute atomic E-state index is 13.7. The molecule has 3 aromatic rings. The van der Waals surface area contributed by atoms with E-state index in [9.17, 15) is 9.59 Å². The summed E-state index contributed by atoms with van der Waals surface area (Å²) in [7, 11) is 1.58. The zero-order valence-corrected chi connectivity index (χ0v) is 23.7. The van der Waals surface area contributed by atoms with Gasteiger partial charge < -0.3 is 24.4 Å². The van der Waals surface area contributed by atoms with Gasteiger partial charge in [0.1, 0.15) is 12.3 Å². The quantitative estimate of drug-likeness (QED) is 0.285. The van der Waals surface area contributed by atoms with Crippen molar-refractivity contribution in [1.29, 1.82) is 0 Å². The van der Waals surface area contributed by atoms with Crippen LogP contribution in [0.15, 0.2) is 66.9 Å². The molecule has 0 aliphatic heterocycles. The van der Waals surface area contributed by atoms with E-state index >= 15 is 0 Å². The van der Waals surface area contributed by atoms with Crippen molar-refractivity contribution in [3.63, 3.8) is 0 Å². The molecule has 0 aliphatic carbocycles. The molecule has 1 atom stereocenters. The number of benzene rings is 2. The normalized spacial score (nSPS) is 11.8. The summed E-state index contributed by atoms with van der Waals surface area (Å²) in [5, 5.41) is 3.64. The average molecular weight is 539 g/mol. The van der Waals surface area contributed by atoms with Crippen LogP contribution in [0.3, 0.4) is 0 Å². The number of hydrogen-bond donors (Lipinski definition) is 1. The summed E-state index contributed by atoms with van der Waals surface area (Å²) in [5.41, 5.74) is 2.65. The van der Waals surface area contributed by atoms with Crippen LogP contribution >= 0.6 is 11.6 Å². The number of methoxy groups -OCH3 is 1. The van der Waals surface area contributed by atoms with E-state index in [1.165, 1.54) is 0 Å². The molecule has 0 spiro atoms. The van der Waals surface area contributed by atoms with Gasteiger partial charge in [-0.1, -0.05) is 56.6 Å². The molecule has 0 radical (unpaired) electrons. The van der Waals surface area contributed by atoms with Crippen molar-refractivity contribution in [2.45, 2.75) is 53.2 Å². The molecule has 0 aliphatic rings. The van der Waals surface area contributed by atoms with Crippen molar-refractivity contribution in [2.75, 3.05) is 25.5 Å². The van der Waals surface area contributed by atoms with Gasteiger partial charge in [-0.3, -0.25) is 4.79 Å². The smallest absolute Gasteiger partial charge is 0.322 e. The van der Waals surface area contributed by atoms with Crippen molar-refractivity contribution in [1.82, 2.24) is 14.4 Å². The van der Waals surface area contributed by atoms with Gasteiger partial charge in [0.25, 0.3) is 0 Å². The van der Waals surface area contributed by atoms with Crippen LogP contribution in [0, 0.1) is 5.92 Å². The summed E-state index contributed by atoms with van der Waals surface area (Å²) in [6.45, 7) is 9.78. The molecule has 2 aromatic carbocycles. The van der Waals surface area contributed by atoms with Gasteiger partial charge >= 0.3 is 6.03 Å². The van der Waals surface area contributed by atoms with E-state index in [1.807, 2.05) is 73.5 Å². The van der Waals surface area contributed by atoms with Crippen LogP contribution in [0.25, 0.3) is 0 Å². The van der Waals surface area contributed by atoms with E-state index in [-0.39, 0.29) is 30.4 Å². The number of rotatable bonds is 12. The van der Waals surface area contributed by atoms with Crippen LogP contribution in [0.5, 0.6) is 5.75 Å². The minimum Gasteiger partial charge on any atom is -0.497 e. The predicted octanol–water partition coefficient (Wildman–Crippen LogP) is 6.52. The fourth-order valence-corrected chi connectivity index (χ4v) is 4.43. The molecule has 204 valence electrons. The topological polar surface area (TPSA) is 66.8 Å². The van der Waals surface area contributed by atoms with Gasteiger partial charge in [0.15, 0.2) is 0 Å². The number of anilines is 1. The fourth-order valence-electron chi connectivity index (χ4n) is 4.24. The summed E-state index contributed by atoms with van der Waals surface area (Å²) >= 11 is 6.40. The molecule has 0 bridgehead atoms. The third-order valence-corrected chi connectivity index (χ3v) is 6.89. The Morgan fingerprint density at radius 1 is 1.05 bits per heavy atom. The van der Waals surface area contributed by atoms with Gasteiger partial charge in [0.2, 0.25) is 5.91 Å². The number of urea groups is 1. The fraction of sp³-hybridized carbons (Fsp3) is 0.400. The SMILES string of the molecule is CCC(C)N(CC(=O)N(Cc1cccn1Cc1ccccc1Cl)CC(C)C)C(=O)Nc1cccc(OC)c1. The molecule has 1 unspecified atom stereocenters. The molecule has 1 N–H and O–H groups in total. The highest BCUT2D eigenvalue weighted by atomic mass is 35.5. The maximum Gasteiger partial charge on any atom is 0.322 e. The lowest BCUT2D eigenvalue weighted by Crippen LogP contribution is -2.48. The number of amides is 3. The summed E-state index contributed by atoms with van der Waals surface area (Å²) in [6.07, 6.45) is 2.73. The van der Waals surface area contributed by atoms with E-state index in [4.69, 9.17) is 16.3 Å². The second-order valence-electron chi connectivity index (χ2n) is 9.93. The molecule has 38 heavy (non-hydrogen) atoms. The first-order valence-corrected chi connectivity index (χ1v) is 13.5. The number of aromatic nitrogens is 1. The minimum atomic E-state index is -0.312. The van der Waals surface area contributed by atoms with Gasteiger partial charge in [-0.05, 0) is 55.2 Å². The molecular weight excluding hydrogens is 500 g/mol. The van der Waals surface area contributed by atoms with Crippen molar-refractivity contribution >= 4 is 29.2 Å². The second-order valence-corrected chi connectivity index (χ2v) is 10.3. The zero-order chi connectivity index (χ0) is 27.7. The number of hydrogen-bond acceptors (Lipinski definition) is 3. The zero-order valence-electron chi connectivity index (χ0n) is 23.0. The van der Waals surface area contributed by atoms with Crippen LogP contribution in [-0.4, -0.2) is 52.5 Å². The van der Waals surface area contributed by atoms with Crippen LogP contribution in [0.4, 0.5) is 10.5 Å². The first-order valence-electron chi connectivity index (χ1n) is 13.1. The van der Waals surface area contributed by atoms with E-state index < -0.39 is 0 Å². The summed E-state index contributed by atoms with van der Waals surface area (Å²) in [4.78, 5) is 30.4. The molecule has 3 rings (SSSR count). The molecular formula is C30H39ClN4O3. The van der Waals surface area contributed by atoms with Gasteiger partial charge in [-0.2, -0.15) is 0 Å². The second kappa shape index (κ2) is 13.9. The number of halogens is 1. The van der Waals surface area contributed by atoms with E-state index in [2.05, 4.69) is 23.7 Å². The van der Waals surface area contributed by atoms with Crippen molar-refractivity contribution < 1.29 is 14.3 Å². The first kappa shape index (κ1) is 29.1. The Labute approximate surface area is 231 Å². The molecule has 0 saturated heterocycles. The highest BCUT2D eigenvalue weighted by Gasteiger charge is 2.26. The summed E-state index contributed by atoms with van der Waals surface area (Å²) in [6, 6.07) is 18.5. The number of carbonyl (C=O) groups excluding carboxylic acids is 2. The molecule has 3 amide bonds. The molecule has 0 fully saturated rings. The summed E-state index contributed by atoms with van der Waals surface area (Å²) in [5.74, 6) is 0.829. The highest BCUT2D eigenvalue weighted by Crippen LogP contribution is 2.20. The lowest BCUT2D eigenvalue weighted by atomic mass is 10.2. The third-order valence-electron chi connectivity index (χ3n) is 6.52. The number of carbonyl (C=O) groups is 2. The van der Waals surface area contributed by atoms with E-state index in [0.717, 1.165) is 17.7 Å². The van der Waals surface area contributed by atoms with Gasteiger partial charge in [-0.25, -0.2) is 4.79 Å². The Kier molecular flexibility index (Phi) is 10.7. The molecule has 1 aromatic heterocycles. The van der Waals surface area contributed by atoms with Gasteiger partial charge in [0.05, 0.1) is 13.7 Å². The number of nitrogens with one attached hydrogen (secondary N) is 1. The lowest BCUT2D eigenvalue weighted by Gasteiger charge is -2.32. The molecule has 8 heteroatoms. The number of nitrogens with zero attached hydrogens (tertiary/aromatic N) is 3. The Hall–Kier alpha value is -3.45. The van der Waals surface area contributed by atoms with E-state index in [1.54, 1.807) is 24.1 Å². The first-order chi connectivity index (χ1) is 18.2. The standard InChI is InChI=1S/C30H39ClN4O3/c1-6-23(4)35(30(37)32-25-12-9-14-27(17-25)38-5)21-29(36)34(18-22(2)3)20-26-13-10-16-33(26)19-24-11-7-8-15-28(24)31/h7-17,22-23H,6,18-21H2,1-5H3,(H,32,37). The van der Waals surface area contributed by atoms with Crippen LogP contribution in [-0.2, 0) is 17.9 Å². The van der Waals surface area contributed by atoms with Crippen LogP contribution < -0.4 is 10.1 Å². The van der Waals surface area contributed by atoms with Crippen LogP contribution in [0.1, 0.15) is 45.4 Å². The monoisotopic (exact) mass is 538 g/mol. The minimum absolute atomic E-state index is 0.0112. The van der Waals surface area contributed by atoms with Crippen molar-refractivity contribution in [3.05, 3.63) is 83.1 Å². The number of ether oxygens (including phenoxy) is 1. The Morgan fingerprint density at radius 3 is 2.50 bits per heavy atom. The van der Waals surface area contributed by atoms with Crippen LogP contribution in [0.2, 0.25) is 5.02 Å². The Balaban J connectivity index is 1.77. The third kappa shape index (κ3) is 8.02.